The molecule has 2 unspecified atom stereocenters. The largest absolute Gasteiger partial charge is 0.371 e. The van der Waals surface area contributed by atoms with Gasteiger partial charge >= 0.3 is 0 Å². The Bertz CT molecular complexity index is 505. The SMILES string of the molecule is CN(C)C(=O)COC1COC2(CCN(Cc3cnc[nH]3)C2)C1. The standard InChI is InChI=1S/C15H24N4O3/c1-18(2)14(20)9-21-13-5-15(22-8-13)3-4-19(10-15)7-12-6-16-11-17-12/h6,11,13H,3-5,7-10H2,1-2H3,(H,16,17). The predicted molar refractivity (Wildman–Crippen MR) is 80.2 cm³/mol. The van der Waals surface area contributed by atoms with Crippen LogP contribution in [0, 0.1) is 0 Å². The van der Waals surface area contributed by atoms with Gasteiger partial charge in [0.2, 0.25) is 5.91 Å². The van der Waals surface area contributed by atoms with E-state index in [9.17, 15) is 4.79 Å². The Morgan fingerprint density at radius 2 is 2.50 bits per heavy atom. The number of rotatable bonds is 5. The van der Waals surface area contributed by atoms with Crippen molar-refractivity contribution >= 4 is 5.91 Å². The molecule has 0 saturated carbocycles. The van der Waals surface area contributed by atoms with Crippen molar-refractivity contribution in [2.45, 2.75) is 31.1 Å². The Labute approximate surface area is 130 Å². The van der Waals surface area contributed by atoms with Crippen LogP contribution in [0.1, 0.15) is 18.5 Å². The lowest BCUT2D eigenvalue weighted by molar-refractivity contribution is -0.135. The molecule has 22 heavy (non-hydrogen) atoms. The quantitative estimate of drug-likeness (QED) is 0.844. The number of likely N-dealkylation sites (N-methyl/N-ethyl adjacent to an activating group) is 1. The summed E-state index contributed by atoms with van der Waals surface area (Å²) >= 11 is 0. The van der Waals surface area contributed by atoms with Crippen LogP contribution in [-0.2, 0) is 20.8 Å². The number of carbonyl (C=O) groups excluding carboxylic acids is 1. The van der Waals surface area contributed by atoms with Crippen LogP contribution in [0.4, 0.5) is 0 Å². The number of nitrogens with one attached hydrogen (secondary N) is 1. The molecule has 1 N–H and O–H groups in total. The number of H-pyrrole nitrogens is 1. The average Bonchev–Trinajstić information content (AvgIpc) is 3.20. The second-order valence-electron chi connectivity index (χ2n) is 6.46. The van der Waals surface area contributed by atoms with E-state index in [0.29, 0.717) is 6.61 Å². The summed E-state index contributed by atoms with van der Waals surface area (Å²) in [6, 6.07) is 0. The van der Waals surface area contributed by atoms with E-state index in [1.54, 1.807) is 25.3 Å². The molecule has 1 aromatic heterocycles. The summed E-state index contributed by atoms with van der Waals surface area (Å²) < 4.78 is 11.7. The summed E-state index contributed by atoms with van der Waals surface area (Å²) in [4.78, 5) is 22.7. The molecule has 3 heterocycles. The van der Waals surface area contributed by atoms with Crippen LogP contribution in [0.2, 0.25) is 0 Å². The number of amides is 1. The van der Waals surface area contributed by atoms with Crippen molar-refractivity contribution in [3.05, 3.63) is 18.2 Å². The van der Waals surface area contributed by atoms with Crippen molar-refractivity contribution in [2.75, 3.05) is 40.4 Å². The normalized spacial score (nSPS) is 28.5. The summed E-state index contributed by atoms with van der Waals surface area (Å²) in [5.41, 5.74) is 1.02. The molecule has 1 spiro atoms. The van der Waals surface area contributed by atoms with Crippen LogP contribution in [-0.4, -0.2) is 77.8 Å². The molecule has 2 atom stereocenters. The fraction of sp³-hybridized carbons (Fsp3) is 0.733. The third-order valence-electron chi connectivity index (χ3n) is 4.46. The van der Waals surface area contributed by atoms with Gasteiger partial charge in [0.1, 0.15) is 6.61 Å². The smallest absolute Gasteiger partial charge is 0.248 e. The van der Waals surface area contributed by atoms with Gasteiger partial charge in [0.05, 0.1) is 24.6 Å². The number of ether oxygens (including phenoxy) is 2. The Balaban J connectivity index is 1.47. The van der Waals surface area contributed by atoms with E-state index in [4.69, 9.17) is 9.47 Å². The lowest BCUT2D eigenvalue weighted by Crippen LogP contribution is -2.33. The number of likely N-dealkylation sites (tertiary alicyclic amines) is 1. The molecular weight excluding hydrogens is 284 g/mol. The highest BCUT2D eigenvalue weighted by atomic mass is 16.6. The van der Waals surface area contributed by atoms with Crippen molar-refractivity contribution < 1.29 is 14.3 Å². The van der Waals surface area contributed by atoms with Crippen molar-refractivity contribution in [2.24, 2.45) is 0 Å². The molecule has 2 aliphatic rings. The zero-order valence-corrected chi connectivity index (χ0v) is 13.2. The summed E-state index contributed by atoms with van der Waals surface area (Å²) in [6.45, 7) is 3.51. The molecule has 2 aliphatic heterocycles. The fourth-order valence-electron chi connectivity index (χ4n) is 3.19. The number of hydrogen-bond donors (Lipinski definition) is 1. The van der Waals surface area contributed by atoms with E-state index in [-0.39, 0.29) is 24.2 Å². The zero-order chi connectivity index (χ0) is 15.6. The number of carbonyl (C=O) groups is 1. The molecule has 0 radical (unpaired) electrons. The Kier molecular flexibility index (Phi) is 4.46. The molecule has 3 rings (SSSR count). The van der Waals surface area contributed by atoms with Gasteiger partial charge in [-0.05, 0) is 6.42 Å². The number of nitrogens with zero attached hydrogens (tertiary/aromatic N) is 3. The first-order chi connectivity index (χ1) is 10.6. The van der Waals surface area contributed by atoms with Crippen LogP contribution in [0.15, 0.2) is 12.5 Å². The zero-order valence-electron chi connectivity index (χ0n) is 13.2. The van der Waals surface area contributed by atoms with Gasteiger partial charge in [0, 0.05) is 52.0 Å². The highest BCUT2D eigenvalue weighted by Gasteiger charge is 2.45. The third kappa shape index (κ3) is 3.48. The van der Waals surface area contributed by atoms with Crippen LogP contribution in [0.5, 0.6) is 0 Å². The first kappa shape index (κ1) is 15.5. The minimum Gasteiger partial charge on any atom is -0.371 e. The van der Waals surface area contributed by atoms with Gasteiger partial charge < -0.3 is 19.4 Å². The van der Waals surface area contributed by atoms with Crippen LogP contribution in [0.25, 0.3) is 0 Å². The molecule has 0 bridgehead atoms. The van der Waals surface area contributed by atoms with E-state index in [2.05, 4.69) is 14.9 Å². The summed E-state index contributed by atoms with van der Waals surface area (Å²) in [6.07, 6.45) is 5.48. The fourth-order valence-corrected chi connectivity index (χ4v) is 3.19. The van der Waals surface area contributed by atoms with Crippen molar-refractivity contribution in [1.29, 1.82) is 0 Å². The highest BCUT2D eigenvalue weighted by Crippen LogP contribution is 2.36. The van der Waals surface area contributed by atoms with Crippen molar-refractivity contribution in [3.8, 4) is 0 Å². The van der Waals surface area contributed by atoms with E-state index in [0.717, 1.165) is 38.2 Å². The lowest BCUT2D eigenvalue weighted by atomic mass is 9.98. The van der Waals surface area contributed by atoms with Crippen LogP contribution >= 0.6 is 0 Å². The Morgan fingerprint density at radius 1 is 1.64 bits per heavy atom. The molecule has 7 heteroatoms. The molecule has 1 amide bonds. The second kappa shape index (κ2) is 6.36. The average molecular weight is 308 g/mol. The Hall–Kier alpha value is -1.44. The van der Waals surface area contributed by atoms with Gasteiger partial charge in [-0.15, -0.1) is 0 Å². The van der Waals surface area contributed by atoms with Gasteiger partial charge in [-0.1, -0.05) is 0 Å². The molecule has 0 aromatic carbocycles. The third-order valence-corrected chi connectivity index (χ3v) is 4.46. The molecule has 0 aliphatic carbocycles. The van der Waals surface area contributed by atoms with Crippen LogP contribution < -0.4 is 0 Å². The van der Waals surface area contributed by atoms with E-state index in [1.165, 1.54) is 0 Å². The molecular formula is C15H24N4O3. The summed E-state index contributed by atoms with van der Waals surface area (Å²) in [5, 5.41) is 0. The monoisotopic (exact) mass is 308 g/mol. The number of aromatic amines is 1. The summed E-state index contributed by atoms with van der Waals surface area (Å²) in [5.74, 6) is -0.00626. The number of aromatic nitrogens is 2. The van der Waals surface area contributed by atoms with Crippen LogP contribution in [0.3, 0.4) is 0 Å². The van der Waals surface area contributed by atoms with E-state index < -0.39 is 0 Å². The van der Waals surface area contributed by atoms with Gasteiger partial charge in [-0.25, -0.2) is 4.98 Å². The van der Waals surface area contributed by atoms with Gasteiger partial charge in [0.15, 0.2) is 0 Å². The van der Waals surface area contributed by atoms with Gasteiger partial charge in [0.25, 0.3) is 0 Å². The van der Waals surface area contributed by atoms with Gasteiger partial charge in [-0.3, -0.25) is 9.69 Å². The van der Waals surface area contributed by atoms with Gasteiger partial charge in [-0.2, -0.15) is 0 Å². The number of hydrogen-bond acceptors (Lipinski definition) is 5. The predicted octanol–water partition coefficient (Wildman–Crippen LogP) is 0.248. The lowest BCUT2D eigenvalue weighted by Gasteiger charge is -2.23. The summed E-state index contributed by atoms with van der Waals surface area (Å²) in [7, 11) is 3.48. The maximum Gasteiger partial charge on any atom is 0.248 e. The highest BCUT2D eigenvalue weighted by molar-refractivity contribution is 5.76. The topological polar surface area (TPSA) is 70.7 Å². The Morgan fingerprint density at radius 3 is 3.23 bits per heavy atom. The maximum absolute atomic E-state index is 11.6. The number of imidazole rings is 1. The molecule has 122 valence electrons. The minimum absolute atomic E-state index is 0.00626. The first-order valence-corrected chi connectivity index (χ1v) is 7.72. The maximum atomic E-state index is 11.6. The molecule has 7 nitrogen and oxygen atoms in total. The van der Waals surface area contributed by atoms with E-state index >= 15 is 0 Å². The van der Waals surface area contributed by atoms with E-state index in [1.807, 2.05) is 6.20 Å². The minimum atomic E-state index is -0.105. The first-order valence-electron chi connectivity index (χ1n) is 7.72. The molecule has 2 fully saturated rings. The molecule has 2 saturated heterocycles. The van der Waals surface area contributed by atoms with Crippen molar-refractivity contribution in [3.63, 3.8) is 0 Å². The second-order valence-corrected chi connectivity index (χ2v) is 6.46. The molecule has 1 aromatic rings. The van der Waals surface area contributed by atoms with Crippen molar-refractivity contribution in [1.82, 2.24) is 19.8 Å².